The molecule has 5 fully saturated rings. The number of likely N-dealkylation sites (tertiary alicyclic amines) is 1. The first-order chi connectivity index (χ1) is 34.6. The second-order valence-electron chi connectivity index (χ2n) is 21.0. The molecule has 0 aromatic heterocycles. The number of benzene rings is 1. The Morgan fingerprint density at radius 1 is 0.932 bits per heavy atom. The smallest absolute Gasteiger partial charge is 0.379 e. The maximum atomic E-state index is 15.2. The van der Waals surface area contributed by atoms with Crippen molar-refractivity contribution in [1.82, 2.24) is 40.4 Å². The van der Waals surface area contributed by atoms with Crippen molar-refractivity contribution in [2.45, 2.75) is 165 Å². The highest BCUT2D eigenvalue weighted by Gasteiger charge is 2.62. The summed E-state index contributed by atoms with van der Waals surface area (Å²) in [6, 6.07) is -2.82. The third-order valence-corrected chi connectivity index (χ3v) is 16.0. The molecule has 0 spiro atoms. The van der Waals surface area contributed by atoms with Gasteiger partial charge in [-0.15, -0.1) is 0 Å². The number of fused-ring (bicyclic) bond motifs is 1. The van der Waals surface area contributed by atoms with Crippen LogP contribution in [0.15, 0.2) is 18.2 Å². The van der Waals surface area contributed by atoms with Crippen LogP contribution in [0.4, 0.5) is 17.6 Å². The number of likely N-dealkylation sites (N-methyl/N-ethyl adjacent to an activating group) is 2. The minimum atomic E-state index is -4.82. The lowest BCUT2D eigenvalue weighted by Crippen LogP contribution is -2.61. The summed E-state index contributed by atoms with van der Waals surface area (Å²) in [5.41, 5.74) is -2.19. The molecule has 5 aliphatic rings. The van der Waals surface area contributed by atoms with Crippen molar-refractivity contribution in [3.8, 4) is 0 Å². The van der Waals surface area contributed by atoms with Crippen LogP contribution in [0.5, 0.6) is 0 Å². The number of unbranched alkanes of at least 4 members (excludes halogenated alkanes) is 1. The highest BCUT2D eigenvalue weighted by Crippen LogP contribution is 2.51. The molecular formula is C51H74Cl2F4N8O8. The van der Waals surface area contributed by atoms with Gasteiger partial charge in [0, 0.05) is 63.2 Å². The van der Waals surface area contributed by atoms with E-state index in [1.807, 2.05) is 13.8 Å². The van der Waals surface area contributed by atoms with Crippen molar-refractivity contribution in [1.29, 1.82) is 0 Å². The van der Waals surface area contributed by atoms with Crippen LogP contribution >= 0.6 is 23.2 Å². The summed E-state index contributed by atoms with van der Waals surface area (Å²) in [5.74, 6) is -5.37. The van der Waals surface area contributed by atoms with E-state index in [0.717, 1.165) is 22.9 Å². The maximum absolute atomic E-state index is 15.2. The van der Waals surface area contributed by atoms with E-state index < -0.39 is 95.4 Å². The fraction of sp³-hybridized carbons (Fsp3) is 0.745. The summed E-state index contributed by atoms with van der Waals surface area (Å²) >= 11 is 12.9. The largest absolute Gasteiger partial charge is 0.403 e. The van der Waals surface area contributed by atoms with E-state index in [0.29, 0.717) is 62.4 Å². The molecule has 0 radical (unpaired) electrons. The zero-order valence-corrected chi connectivity index (χ0v) is 44.1. The number of carbonyl (C=O) groups is 7. The van der Waals surface area contributed by atoms with Gasteiger partial charge in [-0.25, -0.2) is 4.39 Å². The number of hydrogen-bond donors (Lipinski definition) is 3. The molecule has 4 heterocycles. The molecule has 22 heteroatoms. The standard InChI is InChI=1S/C51H74Cl2F4N8O8/c1-32(2)27-38-47(70)62(4)42(29-33-28-34(52)16-17-36(33)53)48(71)65-31-35(54)30-41(65)43(66)58-20-10-6-14-39(44(67)60-38)61(3)46(69)37(13-7-11-21-63-23-25-73-26-24-63)59-45(68)40-15-12-22-64(40)49(72)50(51(55,56)57)18-8-5-9-19-50/h16-17,28,32,35,37-42H,5-15,18-27,29-31H2,1-4H3,(H,58,66)(H,59,68)(H,60,67)/t35-,37+,38+,39+,40+,41-,42+/m1/s1. The van der Waals surface area contributed by atoms with Gasteiger partial charge in [0.1, 0.15) is 47.8 Å². The van der Waals surface area contributed by atoms with Crippen molar-refractivity contribution in [3.63, 3.8) is 0 Å². The average Bonchev–Trinajstić information content (AvgIpc) is 4.02. The molecule has 4 aliphatic heterocycles. The van der Waals surface area contributed by atoms with Gasteiger partial charge in [0.25, 0.3) is 0 Å². The number of carbonyl (C=O) groups excluding carboxylic acids is 7. The van der Waals surface area contributed by atoms with Crippen LogP contribution in [-0.4, -0.2) is 181 Å². The topological polar surface area (TPSA) is 181 Å². The monoisotopic (exact) mass is 1070 g/mol. The lowest BCUT2D eigenvalue weighted by atomic mass is 9.72. The first-order valence-electron chi connectivity index (χ1n) is 26.1. The Balaban J connectivity index is 1.29. The fourth-order valence-electron chi connectivity index (χ4n) is 11.2. The van der Waals surface area contributed by atoms with Crippen LogP contribution in [0.3, 0.4) is 0 Å². The van der Waals surface area contributed by atoms with Crippen LogP contribution in [0, 0.1) is 11.3 Å². The molecule has 7 atom stereocenters. The number of rotatable bonds is 14. The molecule has 1 aromatic carbocycles. The van der Waals surface area contributed by atoms with Crippen LogP contribution in [0.2, 0.25) is 10.0 Å². The van der Waals surface area contributed by atoms with Gasteiger partial charge in [0.15, 0.2) is 0 Å². The van der Waals surface area contributed by atoms with E-state index in [9.17, 15) is 46.7 Å². The van der Waals surface area contributed by atoms with Crippen LogP contribution < -0.4 is 16.0 Å². The molecule has 16 nitrogen and oxygen atoms in total. The van der Waals surface area contributed by atoms with Gasteiger partial charge < -0.3 is 40.3 Å². The van der Waals surface area contributed by atoms with E-state index in [1.165, 1.54) is 23.9 Å². The van der Waals surface area contributed by atoms with Crippen molar-refractivity contribution >= 4 is 64.6 Å². The highest BCUT2D eigenvalue weighted by atomic mass is 35.5. The van der Waals surface area contributed by atoms with Gasteiger partial charge in [-0.2, -0.15) is 13.2 Å². The minimum absolute atomic E-state index is 0.0422. The molecule has 1 saturated carbocycles. The van der Waals surface area contributed by atoms with Gasteiger partial charge in [-0.1, -0.05) is 56.3 Å². The van der Waals surface area contributed by atoms with Crippen molar-refractivity contribution in [2.24, 2.45) is 11.3 Å². The summed E-state index contributed by atoms with van der Waals surface area (Å²) in [6.07, 6.45) is -4.13. The van der Waals surface area contributed by atoms with Crippen LogP contribution in [0.25, 0.3) is 0 Å². The Morgan fingerprint density at radius 3 is 2.33 bits per heavy atom. The lowest BCUT2D eigenvalue weighted by molar-refractivity contribution is -0.236. The Morgan fingerprint density at radius 2 is 1.64 bits per heavy atom. The Kier molecular flexibility index (Phi) is 20.6. The second kappa shape index (κ2) is 26.0. The van der Waals surface area contributed by atoms with Crippen molar-refractivity contribution in [3.05, 3.63) is 33.8 Å². The summed E-state index contributed by atoms with van der Waals surface area (Å²) in [4.78, 5) is 108. The van der Waals surface area contributed by atoms with Crippen molar-refractivity contribution < 1.29 is 55.9 Å². The summed E-state index contributed by atoms with van der Waals surface area (Å²) < 4.78 is 65.1. The van der Waals surface area contributed by atoms with E-state index in [4.69, 9.17) is 27.9 Å². The predicted octanol–water partition coefficient (Wildman–Crippen LogP) is 5.45. The van der Waals surface area contributed by atoms with E-state index in [-0.39, 0.29) is 101 Å². The molecule has 0 bridgehead atoms. The van der Waals surface area contributed by atoms with Gasteiger partial charge in [0.2, 0.25) is 41.4 Å². The first kappa shape index (κ1) is 58.0. The number of morpholine rings is 1. The molecular weight excluding hydrogens is 1000 g/mol. The van der Waals surface area contributed by atoms with Gasteiger partial charge in [-0.3, -0.25) is 38.5 Å². The maximum Gasteiger partial charge on any atom is 0.403 e. The average molecular weight is 1070 g/mol. The summed E-state index contributed by atoms with van der Waals surface area (Å²) in [7, 11) is 2.80. The number of alkyl halides is 4. The zero-order chi connectivity index (χ0) is 53.2. The molecule has 4 saturated heterocycles. The number of hydrogen-bond acceptors (Lipinski definition) is 9. The van der Waals surface area contributed by atoms with Crippen molar-refractivity contribution in [2.75, 3.05) is 66.6 Å². The third-order valence-electron chi connectivity index (χ3n) is 15.4. The van der Waals surface area contributed by atoms with Gasteiger partial charge >= 0.3 is 6.18 Å². The van der Waals surface area contributed by atoms with Gasteiger partial charge in [0.05, 0.1) is 19.8 Å². The van der Waals surface area contributed by atoms with Crippen LogP contribution in [0.1, 0.15) is 116 Å². The quantitative estimate of drug-likeness (QED) is 0.161. The highest BCUT2D eigenvalue weighted by molar-refractivity contribution is 6.33. The molecule has 1 aliphatic carbocycles. The Bertz CT molecular complexity index is 2130. The molecule has 7 amide bonds. The first-order valence-corrected chi connectivity index (χ1v) is 26.9. The second-order valence-corrected chi connectivity index (χ2v) is 21.8. The van der Waals surface area contributed by atoms with Crippen LogP contribution in [-0.2, 0) is 44.7 Å². The normalized spacial score (nSPS) is 26.6. The summed E-state index contributed by atoms with van der Waals surface area (Å²) in [5, 5.41) is 9.07. The van der Waals surface area contributed by atoms with E-state index in [2.05, 4.69) is 20.9 Å². The number of halogens is 6. The van der Waals surface area contributed by atoms with Gasteiger partial charge in [-0.05, 0) is 107 Å². The third kappa shape index (κ3) is 14.4. The minimum Gasteiger partial charge on any atom is -0.379 e. The number of nitrogens with zero attached hydrogens (tertiary/aromatic N) is 5. The molecule has 1 aromatic rings. The molecule has 0 unspecified atom stereocenters. The Labute approximate surface area is 436 Å². The lowest BCUT2D eigenvalue weighted by Gasteiger charge is -2.41. The van der Waals surface area contributed by atoms with E-state index in [1.54, 1.807) is 18.2 Å². The molecule has 73 heavy (non-hydrogen) atoms. The molecule has 408 valence electrons. The predicted molar refractivity (Wildman–Crippen MR) is 266 cm³/mol. The number of amides is 7. The summed E-state index contributed by atoms with van der Waals surface area (Å²) in [6.45, 7) is 6.67. The van der Waals surface area contributed by atoms with E-state index >= 15 is 4.39 Å². The number of nitrogens with one attached hydrogen (secondary N) is 3. The molecule has 3 N–H and O–H groups in total. The molecule has 6 rings (SSSR count). The fourth-order valence-corrected chi connectivity index (χ4v) is 11.6. The number of ether oxygens (including phenoxy) is 1. The zero-order valence-electron chi connectivity index (χ0n) is 42.6. The SMILES string of the molecule is CC(C)C[C@@H]1NC(=O)[C@@H](N(C)C(=O)[C@H](CCCCN2CCOCC2)NC(=O)[C@@H]2CCCN2C(=O)C2(C(F)(F)F)CCCCC2)CCCCNC(=O)[C@H]2C[C@@H](F)CN2C(=O)[C@H](Cc2cc(Cl)ccc2Cl)N(C)C1=O. The Hall–Kier alpha value is -4.27.